The maximum absolute atomic E-state index is 12.6. The molecule has 1 amide bonds. The van der Waals surface area contributed by atoms with Gasteiger partial charge in [-0.25, -0.2) is 4.98 Å². The van der Waals surface area contributed by atoms with Crippen LogP contribution in [0.2, 0.25) is 0 Å². The number of fused-ring (bicyclic) bond motifs is 3. The summed E-state index contributed by atoms with van der Waals surface area (Å²) in [6, 6.07) is 0. The summed E-state index contributed by atoms with van der Waals surface area (Å²) >= 11 is 1.69. The molecule has 25 heavy (non-hydrogen) atoms. The number of nitrogens with two attached hydrogens (primary N) is 1. The zero-order valence-corrected chi connectivity index (χ0v) is 15.3. The number of aryl methyl sites for hydroxylation is 1. The Labute approximate surface area is 150 Å². The molecule has 4 rings (SSSR count). The average molecular weight is 360 g/mol. The molecule has 1 atom stereocenters. The summed E-state index contributed by atoms with van der Waals surface area (Å²) in [6.07, 6.45) is 4.77. The van der Waals surface area contributed by atoms with Crippen LogP contribution in [0.4, 0.5) is 0 Å². The molecular formula is C18H24N4O2S. The molecule has 0 spiro atoms. The van der Waals surface area contributed by atoms with Crippen molar-refractivity contribution in [1.82, 2.24) is 14.9 Å². The number of carbonyl (C=O) groups excluding carboxylic acids is 1. The standard InChI is InChI=1S/C18H24N4O2S/c1-10-2-3-12-13(8-10)25-18-15(12)17(24)20-14(21-18)9-22-6-4-11(5-7-22)16(19)23/h10-11H,2-9H2,1H3,(H2,19,23)(H,20,21,24). The zero-order chi connectivity index (χ0) is 17.6. The van der Waals surface area contributed by atoms with E-state index in [-0.39, 0.29) is 17.4 Å². The van der Waals surface area contributed by atoms with Crippen molar-refractivity contribution in [1.29, 1.82) is 0 Å². The molecule has 1 unspecified atom stereocenters. The fraction of sp³-hybridized carbons (Fsp3) is 0.611. The van der Waals surface area contributed by atoms with Crippen LogP contribution < -0.4 is 11.3 Å². The number of hydrogen-bond acceptors (Lipinski definition) is 5. The van der Waals surface area contributed by atoms with E-state index in [1.54, 1.807) is 11.3 Å². The lowest BCUT2D eigenvalue weighted by molar-refractivity contribution is -0.123. The lowest BCUT2D eigenvalue weighted by atomic mass is 9.89. The van der Waals surface area contributed by atoms with Crippen LogP contribution >= 0.6 is 11.3 Å². The van der Waals surface area contributed by atoms with Gasteiger partial charge in [0.2, 0.25) is 5.91 Å². The summed E-state index contributed by atoms with van der Waals surface area (Å²) in [6.45, 7) is 4.52. The second kappa shape index (κ2) is 6.53. The monoisotopic (exact) mass is 360 g/mol. The molecule has 1 aliphatic carbocycles. The van der Waals surface area contributed by atoms with Gasteiger partial charge < -0.3 is 10.7 Å². The number of aromatic nitrogens is 2. The van der Waals surface area contributed by atoms with Crippen LogP contribution in [-0.2, 0) is 24.2 Å². The number of amides is 1. The minimum absolute atomic E-state index is 0.000856. The van der Waals surface area contributed by atoms with Gasteiger partial charge in [-0.05, 0) is 56.7 Å². The van der Waals surface area contributed by atoms with Gasteiger partial charge in [-0.3, -0.25) is 14.5 Å². The van der Waals surface area contributed by atoms with E-state index in [0.29, 0.717) is 12.5 Å². The Bertz CT molecular complexity index is 864. The number of nitrogens with one attached hydrogen (secondary N) is 1. The summed E-state index contributed by atoms with van der Waals surface area (Å²) in [5, 5.41) is 0.808. The Hall–Kier alpha value is -1.73. The van der Waals surface area contributed by atoms with Crippen LogP contribution in [-0.4, -0.2) is 33.9 Å². The Morgan fingerprint density at radius 2 is 2.12 bits per heavy atom. The molecule has 0 saturated carbocycles. The highest BCUT2D eigenvalue weighted by Gasteiger charge is 2.25. The van der Waals surface area contributed by atoms with Crippen LogP contribution in [0.25, 0.3) is 10.2 Å². The van der Waals surface area contributed by atoms with Crippen LogP contribution in [0.5, 0.6) is 0 Å². The lowest BCUT2D eigenvalue weighted by Crippen LogP contribution is -2.38. The number of aromatic amines is 1. The minimum atomic E-state index is -0.203. The molecule has 0 radical (unpaired) electrons. The first kappa shape index (κ1) is 16.7. The molecule has 2 aromatic heterocycles. The van der Waals surface area contributed by atoms with Crippen molar-refractivity contribution in [3.8, 4) is 0 Å². The van der Waals surface area contributed by atoms with E-state index in [1.807, 2.05) is 0 Å². The topological polar surface area (TPSA) is 92.1 Å². The van der Waals surface area contributed by atoms with Crippen LogP contribution in [0.3, 0.4) is 0 Å². The predicted molar refractivity (Wildman–Crippen MR) is 98.6 cm³/mol. The maximum Gasteiger partial charge on any atom is 0.259 e. The number of carbonyl (C=O) groups is 1. The van der Waals surface area contributed by atoms with Gasteiger partial charge in [0.15, 0.2) is 0 Å². The molecule has 1 fully saturated rings. The largest absolute Gasteiger partial charge is 0.369 e. The average Bonchev–Trinajstić information content (AvgIpc) is 2.92. The van der Waals surface area contributed by atoms with E-state index in [9.17, 15) is 9.59 Å². The first-order valence-electron chi connectivity index (χ1n) is 9.06. The second-order valence-corrected chi connectivity index (χ2v) is 8.58. The van der Waals surface area contributed by atoms with Gasteiger partial charge >= 0.3 is 0 Å². The molecule has 0 aromatic carbocycles. The lowest BCUT2D eigenvalue weighted by Gasteiger charge is -2.29. The third-order valence-electron chi connectivity index (χ3n) is 5.58. The summed E-state index contributed by atoms with van der Waals surface area (Å²) in [4.78, 5) is 36.1. The second-order valence-electron chi connectivity index (χ2n) is 7.50. The van der Waals surface area contributed by atoms with Crippen molar-refractivity contribution in [3.05, 3.63) is 26.6 Å². The fourth-order valence-corrected chi connectivity index (χ4v) is 5.46. The quantitative estimate of drug-likeness (QED) is 0.873. The number of likely N-dealkylation sites (tertiary alicyclic amines) is 1. The minimum Gasteiger partial charge on any atom is -0.369 e. The summed E-state index contributed by atoms with van der Waals surface area (Å²) < 4.78 is 0. The summed E-state index contributed by atoms with van der Waals surface area (Å²) in [5.74, 6) is 1.19. The van der Waals surface area contributed by atoms with Crippen LogP contribution in [0.1, 0.15) is 42.5 Å². The molecule has 2 aliphatic rings. The van der Waals surface area contributed by atoms with E-state index in [0.717, 1.165) is 61.2 Å². The summed E-state index contributed by atoms with van der Waals surface area (Å²) in [5.41, 5.74) is 6.61. The number of primary amides is 1. The number of nitrogens with zero attached hydrogens (tertiary/aromatic N) is 2. The molecule has 3 N–H and O–H groups in total. The Morgan fingerprint density at radius 1 is 1.36 bits per heavy atom. The molecule has 0 bridgehead atoms. The molecule has 3 heterocycles. The van der Waals surface area contributed by atoms with E-state index in [1.165, 1.54) is 10.4 Å². The van der Waals surface area contributed by atoms with Gasteiger partial charge in [0, 0.05) is 10.8 Å². The summed E-state index contributed by atoms with van der Waals surface area (Å²) in [7, 11) is 0. The van der Waals surface area contributed by atoms with Crippen molar-refractivity contribution in [2.45, 2.75) is 45.6 Å². The van der Waals surface area contributed by atoms with Crippen LogP contribution in [0, 0.1) is 11.8 Å². The molecule has 1 aliphatic heterocycles. The fourth-order valence-electron chi connectivity index (χ4n) is 4.06. The number of thiophene rings is 1. The maximum atomic E-state index is 12.6. The van der Waals surface area contributed by atoms with Crippen molar-refractivity contribution < 1.29 is 4.79 Å². The number of hydrogen-bond donors (Lipinski definition) is 2. The number of piperidine rings is 1. The van der Waals surface area contributed by atoms with Gasteiger partial charge in [0.25, 0.3) is 5.56 Å². The molecule has 7 heteroatoms. The molecular weight excluding hydrogens is 336 g/mol. The first-order valence-corrected chi connectivity index (χ1v) is 9.88. The Kier molecular flexibility index (Phi) is 4.37. The van der Waals surface area contributed by atoms with Gasteiger partial charge in [0.1, 0.15) is 10.7 Å². The highest BCUT2D eigenvalue weighted by Crippen LogP contribution is 2.35. The third kappa shape index (κ3) is 3.22. The number of H-pyrrole nitrogens is 1. The Morgan fingerprint density at radius 3 is 2.84 bits per heavy atom. The highest BCUT2D eigenvalue weighted by atomic mass is 32.1. The van der Waals surface area contributed by atoms with Gasteiger partial charge in [-0.2, -0.15) is 0 Å². The molecule has 1 saturated heterocycles. The van der Waals surface area contributed by atoms with E-state index in [4.69, 9.17) is 10.7 Å². The van der Waals surface area contributed by atoms with E-state index < -0.39 is 0 Å². The number of rotatable bonds is 3. The normalized spacial score (nSPS) is 22.2. The molecule has 6 nitrogen and oxygen atoms in total. The smallest absolute Gasteiger partial charge is 0.259 e. The van der Waals surface area contributed by atoms with Crippen molar-refractivity contribution in [2.24, 2.45) is 17.6 Å². The SMILES string of the molecule is CC1CCc2c(sc3nc(CN4CCC(C(N)=O)CC4)[nH]c(=O)c23)C1. The Balaban J connectivity index is 1.56. The van der Waals surface area contributed by atoms with Crippen molar-refractivity contribution in [3.63, 3.8) is 0 Å². The van der Waals surface area contributed by atoms with E-state index in [2.05, 4.69) is 16.8 Å². The van der Waals surface area contributed by atoms with Gasteiger partial charge in [-0.15, -0.1) is 11.3 Å². The first-order chi connectivity index (χ1) is 12.0. The van der Waals surface area contributed by atoms with Gasteiger partial charge in [-0.1, -0.05) is 6.92 Å². The van der Waals surface area contributed by atoms with Gasteiger partial charge in [0.05, 0.1) is 11.9 Å². The highest BCUT2D eigenvalue weighted by molar-refractivity contribution is 7.18. The molecule has 134 valence electrons. The molecule has 2 aromatic rings. The van der Waals surface area contributed by atoms with Crippen molar-refractivity contribution >= 4 is 27.5 Å². The van der Waals surface area contributed by atoms with Crippen LogP contribution in [0.15, 0.2) is 4.79 Å². The van der Waals surface area contributed by atoms with E-state index >= 15 is 0 Å². The predicted octanol–water partition coefficient (Wildman–Crippen LogP) is 1.81. The zero-order valence-electron chi connectivity index (χ0n) is 14.5. The third-order valence-corrected chi connectivity index (χ3v) is 6.73. The van der Waals surface area contributed by atoms with Crippen molar-refractivity contribution in [2.75, 3.05) is 13.1 Å².